The lowest BCUT2D eigenvalue weighted by molar-refractivity contribution is -0.125. The Labute approximate surface area is 108 Å². The van der Waals surface area contributed by atoms with Crippen molar-refractivity contribution in [2.45, 2.75) is 25.7 Å². The molecule has 1 amide bonds. The zero-order valence-electron chi connectivity index (χ0n) is 10.9. The smallest absolute Gasteiger partial charge is 0.230 e. The van der Waals surface area contributed by atoms with Gasteiger partial charge in [0.15, 0.2) is 0 Å². The van der Waals surface area contributed by atoms with Gasteiger partial charge in [0.1, 0.15) is 0 Å². The summed E-state index contributed by atoms with van der Waals surface area (Å²) in [6.45, 7) is 0.124. The van der Waals surface area contributed by atoms with Crippen LogP contribution in [-0.4, -0.2) is 24.7 Å². The lowest BCUT2D eigenvalue weighted by atomic mass is 9.79. The average Bonchev–Trinajstić information content (AvgIpc) is 2.46. The summed E-state index contributed by atoms with van der Waals surface area (Å²) in [4.78, 5) is 14.2. The minimum atomic E-state index is -0.0195. The van der Waals surface area contributed by atoms with E-state index < -0.39 is 0 Å². The molecule has 2 atom stereocenters. The first-order chi connectivity index (χ1) is 8.74. The summed E-state index contributed by atoms with van der Waals surface area (Å²) >= 11 is 0. The summed E-state index contributed by atoms with van der Waals surface area (Å²) in [5.74, 6) is 0.256. The van der Waals surface area contributed by atoms with E-state index in [-0.39, 0.29) is 24.3 Å². The third kappa shape index (κ3) is 2.72. The molecule has 3 heteroatoms. The van der Waals surface area contributed by atoms with Crippen molar-refractivity contribution in [3.05, 3.63) is 30.3 Å². The van der Waals surface area contributed by atoms with E-state index in [1.807, 2.05) is 37.4 Å². The number of aliphatic hydroxyl groups excluding tert-OH is 1. The second-order valence-corrected chi connectivity index (χ2v) is 5.07. The van der Waals surface area contributed by atoms with Crippen LogP contribution >= 0.6 is 0 Å². The normalized spacial score (nSPS) is 23.7. The number of anilines is 1. The molecule has 2 rings (SSSR count). The number of carbonyl (C=O) groups is 1. The maximum Gasteiger partial charge on any atom is 0.230 e. The minimum absolute atomic E-state index is 0.0195. The number of aliphatic hydroxyl groups is 1. The van der Waals surface area contributed by atoms with Crippen molar-refractivity contribution in [1.29, 1.82) is 0 Å². The number of rotatable bonds is 3. The molecule has 1 saturated carbocycles. The molecule has 0 aromatic heterocycles. The molecule has 0 spiro atoms. The van der Waals surface area contributed by atoms with Crippen molar-refractivity contribution in [3.63, 3.8) is 0 Å². The highest BCUT2D eigenvalue weighted by Crippen LogP contribution is 2.31. The number of benzene rings is 1. The summed E-state index contributed by atoms with van der Waals surface area (Å²) in [5.41, 5.74) is 0.921. The Hall–Kier alpha value is -1.35. The van der Waals surface area contributed by atoms with Gasteiger partial charge in [0.25, 0.3) is 0 Å². The van der Waals surface area contributed by atoms with Crippen LogP contribution in [0.3, 0.4) is 0 Å². The second kappa shape index (κ2) is 6.01. The van der Waals surface area contributed by atoms with E-state index >= 15 is 0 Å². The highest BCUT2D eigenvalue weighted by atomic mass is 16.3. The largest absolute Gasteiger partial charge is 0.396 e. The maximum atomic E-state index is 12.5. The monoisotopic (exact) mass is 247 g/mol. The molecule has 1 aromatic rings. The molecule has 0 aliphatic heterocycles. The van der Waals surface area contributed by atoms with Gasteiger partial charge in [-0.1, -0.05) is 31.0 Å². The van der Waals surface area contributed by atoms with E-state index in [2.05, 4.69) is 0 Å². The van der Waals surface area contributed by atoms with E-state index in [0.29, 0.717) is 0 Å². The first-order valence-corrected chi connectivity index (χ1v) is 6.67. The van der Waals surface area contributed by atoms with Crippen molar-refractivity contribution >= 4 is 11.6 Å². The van der Waals surface area contributed by atoms with Gasteiger partial charge in [-0.15, -0.1) is 0 Å². The van der Waals surface area contributed by atoms with Gasteiger partial charge in [0.05, 0.1) is 0 Å². The van der Waals surface area contributed by atoms with Gasteiger partial charge in [-0.3, -0.25) is 4.79 Å². The first kappa shape index (κ1) is 13.1. The molecule has 3 nitrogen and oxygen atoms in total. The van der Waals surface area contributed by atoms with E-state index in [1.54, 1.807) is 4.90 Å². The minimum Gasteiger partial charge on any atom is -0.396 e. The highest BCUT2D eigenvalue weighted by Gasteiger charge is 2.32. The van der Waals surface area contributed by atoms with Crippen LogP contribution in [0.4, 0.5) is 5.69 Å². The van der Waals surface area contributed by atoms with Gasteiger partial charge in [0.2, 0.25) is 5.91 Å². The van der Waals surface area contributed by atoms with Crippen LogP contribution in [0.2, 0.25) is 0 Å². The number of nitrogens with zero attached hydrogens (tertiary/aromatic N) is 1. The fraction of sp³-hybridized carbons (Fsp3) is 0.533. The predicted molar refractivity (Wildman–Crippen MR) is 72.4 cm³/mol. The molecule has 1 N–H and O–H groups in total. The number of para-hydroxylation sites is 1. The molecular formula is C15H21NO2. The van der Waals surface area contributed by atoms with Crippen molar-refractivity contribution in [1.82, 2.24) is 0 Å². The van der Waals surface area contributed by atoms with Crippen molar-refractivity contribution in [3.8, 4) is 0 Å². The predicted octanol–water partition coefficient (Wildman–Crippen LogP) is 2.45. The molecular weight excluding hydrogens is 226 g/mol. The summed E-state index contributed by atoms with van der Waals surface area (Å²) in [5, 5.41) is 9.39. The molecule has 0 radical (unpaired) electrons. The Morgan fingerprint density at radius 1 is 1.28 bits per heavy atom. The Kier molecular flexibility index (Phi) is 4.37. The van der Waals surface area contributed by atoms with Crippen molar-refractivity contribution in [2.75, 3.05) is 18.6 Å². The summed E-state index contributed by atoms with van der Waals surface area (Å²) in [6.07, 6.45) is 4.09. The van der Waals surface area contributed by atoms with Crippen LogP contribution in [0.15, 0.2) is 30.3 Å². The Balaban J connectivity index is 2.10. The van der Waals surface area contributed by atoms with E-state index in [9.17, 15) is 9.90 Å². The van der Waals surface area contributed by atoms with Gasteiger partial charge in [-0.05, 0) is 30.9 Å². The van der Waals surface area contributed by atoms with Gasteiger partial charge in [-0.25, -0.2) is 0 Å². The quantitative estimate of drug-likeness (QED) is 0.891. The number of carbonyl (C=O) groups excluding carboxylic acids is 1. The highest BCUT2D eigenvalue weighted by molar-refractivity contribution is 5.94. The molecule has 1 aromatic carbocycles. The van der Waals surface area contributed by atoms with Crippen LogP contribution in [0.1, 0.15) is 25.7 Å². The van der Waals surface area contributed by atoms with Crippen molar-refractivity contribution in [2.24, 2.45) is 11.8 Å². The van der Waals surface area contributed by atoms with E-state index in [4.69, 9.17) is 0 Å². The molecule has 1 aliphatic rings. The fourth-order valence-corrected chi connectivity index (χ4v) is 2.78. The average molecular weight is 247 g/mol. The topological polar surface area (TPSA) is 40.5 Å². The Morgan fingerprint density at radius 3 is 2.61 bits per heavy atom. The zero-order valence-corrected chi connectivity index (χ0v) is 10.9. The molecule has 2 unspecified atom stereocenters. The fourth-order valence-electron chi connectivity index (χ4n) is 2.78. The molecule has 1 fully saturated rings. The first-order valence-electron chi connectivity index (χ1n) is 6.67. The molecule has 98 valence electrons. The lowest BCUT2D eigenvalue weighted by Gasteiger charge is -2.32. The van der Waals surface area contributed by atoms with Crippen LogP contribution < -0.4 is 4.90 Å². The van der Waals surface area contributed by atoms with E-state index in [1.165, 1.54) is 0 Å². The van der Waals surface area contributed by atoms with Gasteiger partial charge in [-0.2, -0.15) is 0 Å². The second-order valence-electron chi connectivity index (χ2n) is 5.07. The maximum absolute atomic E-state index is 12.5. The summed E-state index contributed by atoms with van der Waals surface area (Å²) in [7, 11) is 1.82. The Bertz CT molecular complexity index is 391. The summed E-state index contributed by atoms with van der Waals surface area (Å²) < 4.78 is 0. The van der Waals surface area contributed by atoms with E-state index in [0.717, 1.165) is 31.4 Å². The molecule has 18 heavy (non-hydrogen) atoms. The van der Waals surface area contributed by atoms with Crippen LogP contribution in [0, 0.1) is 11.8 Å². The van der Waals surface area contributed by atoms with Crippen molar-refractivity contribution < 1.29 is 9.90 Å². The molecule has 1 aliphatic carbocycles. The standard InChI is InChI=1S/C15H21NO2/c1-16(13-8-3-2-4-9-13)15(18)14-10-6-5-7-12(14)11-17/h2-4,8-9,12,14,17H,5-7,10-11H2,1H3. The third-order valence-electron chi connectivity index (χ3n) is 3.93. The SMILES string of the molecule is CN(C(=O)C1CCCCC1CO)c1ccccc1. The van der Waals surface area contributed by atoms with Crippen LogP contribution in [0.25, 0.3) is 0 Å². The third-order valence-corrected chi connectivity index (χ3v) is 3.93. The van der Waals surface area contributed by atoms with Crippen LogP contribution in [-0.2, 0) is 4.79 Å². The van der Waals surface area contributed by atoms with Gasteiger partial charge in [0, 0.05) is 25.3 Å². The Morgan fingerprint density at radius 2 is 1.94 bits per heavy atom. The van der Waals surface area contributed by atoms with Gasteiger partial charge < -0.3 is 10.0 Å². The molecule has 0 saturated heterocycles. The molecule has 0 heterocycles. The number of hydrogen-bond donors (Lipinski definition) is 1. The lowest BCUT2D eigenvalue weighted by Crippen LogP contribution is -2.39. The summed E-state index contributed by atoms with van der Waals surface area (Å²) in [6, 6.07) is 9.69. The number of amides is 1. The zero-order chi connectivity index (χ0) is 13.0. The van der Waals surface area contributed by atoms with Gasteiger partial charge >= 0.3 is 0 Å². The van der Waals surface area contributed by atoms with Crippen LogP contribution in [0.5, 0.6) is 0 Å². The molecule has 0 bridgehead atoms. The number of hydrogen-bond acceptors (Lipinski definition) is 2.